The van der Waals surface area contributed by atoms with Crippen molar-refractivity contribution in [2.24, 2.45) is 5.92 Å². The van der Waals surface area contributed by atoms with Crippen molar-refractivity contribution < 1.29 is 13.6 Å². The number of benzene rings is 16. The Bertz CT molecular complexity index is 7900. The molecule has 4 aliphatic carbocycles. The molecule has 0 spiro atoms. The standard InChI is InChI=1S/C41H25N3O.C41H27N3O.C36H22N2O/c1-3-13-26(14-4-1)39-42-40(27-15-5-2-6-16-27)44-41(43-39)29-18-11-17-28(25-29)38-37-34-22-10-9-21-32(34)30-19-7-8-20-31(30)33-23-12-24-35(45-38)36(33)37;1-3-12-27(13-4-1)39-42-40(28-14-5-2-6-15-28)44-41(43-39)29-24-22-26(23-25-29)38-37-34-19-10-9-18-32(34)30-16-7-8-17-31(30)33-20-11-21-35(45-38)36(33)37;1-3-12-23(13-4-1)30-22-31(24-14-5-2-6-15-24)38-36(37-30)35-34-29-19-10-9-18-27(29)25-16-7-8-17-26(25)28-20-11-21-32(39-35)33(28)34/h1-25H;1-25,35-36H;1-22H. The van der Waals surface area contributed by atoms with Crippen LogP contribution < -0.4 is 0 Å². The van der Waals surface area contributed by atoms with Gasteiger partial charge in [0.05, 0.1) is 17.3 Å². The normalized spacial score (nSPS) is 13.6. The zero-order valence-electron chi connectivity index (χ0n) is 69.5. The lowest BCUT2D eigenvalue weighted by atomic mass is 9.79. The van der Waals surface area contributed by atoms with E-state index in [1.165, 1.54) is 72.3 Å². The summed E-state index contributed by atoms with van der Waals surface area (Å²) in [4.78, 5) is 39.7. The van der Waals surface area contributed by atoms with Crippen molar-refractivity contribution in [1.82, 2.24) is 39.9 Å². The summed E-state index contributed by atoms with van der Waals surface area (Å²) in [6, 6.07) is 144. The predicted octanol–water partition coefficient (Wildman–Crippen LogP) is 29.5. The van der Waals surface area contributed by atoms with Crippen LogP contribution in [0.3, 0.4) is 0 Å². The van der Waals surface area contributed by atoms with Crippen molar-refractivity contribution in [3.63, 3.8) is 0 Å². The summed E-state index contributed by atoms with van der Waals surface area (Å²) in [7, 11) is 0. The fourth-order valence-electron chi connectivity index (χ4n) is 19.0. The maximum Gasteiger partial charge on any atom is 0.197 e. The highest BCUT2D eigenvalue weighted by Crippen LogP contribution is 2.58. The second-order valence-electron chi connectivity index (χ2n) is 32.5. The van der Waals surface area contributed by atoms with E-state index >= 15 is 0 Å². The Kier molecular flexibility index (Phi) is 18.8. The van der Waals surface area contributed by atoms with Gasteiger partial charge in [-0.1, -0.05) is 406 Å². The van der Waals surface area contributed by atoms with Crippen molar-refractivity contribution >= 4 is 38.8 Å². The molecule has 2 unspecified atom stereocenters. The monoisotopic (exact) mass is 1650 g/mol. The Morgan fingerprint density at radius 3 is 0.953 bits per heavy atom. The molecule has 11 heteroatoms. The molecule has 21 aromatic rings. The number of fused-ring (bicyclic) bond motifs is 15. The maximum absolute atomic E-state index is 6.80. The van der Waals surface area contributed by atoms with Gasteiger partial charge < -0.3 is 13.6 Å². The van der Waals surface area contributed by atoms with Gasteiger partial charge in [0.1, 0.15) is 28.8 Å². The lowest BCUT2D eigenvalue weighted by Crippen LogP contribution is -2.19. The van der Waals surface area contributed by atoms with Gasteiger partial charge in [-0.3, -0.25) is 0 Å². The average molecular weight is 1650 g/mol. The van der Waals surface area contributed by atoms with E-state index in [2.05, 4.69) is 273 Å². The van der Waals surface area contributed by atoms with Crippen molar-refractivity contribution in [2.75, 3.05) is 0 Å². The van der Waals surface area contributed by atoms with E-state index < -0.39 is 0 Å². The molecule has 0 saturated heterocycles. The van der Waals surface area contributed by atoms with Gasteiger partial charge >= 0.3 is 0 Å². The van der Waals surface area contributed by atoms with Crippen molar-refractivity contribution in [1.29, 1.82) is 0 Å². The summed E-state index contributed by atoms with van der Waals surface area (Å²) in [5.74, 6) is 6.97. The average Bonchev–Trinajstić information content (AvgIpc) is 1.57. The lowest BCUT2D eigenvalue weighted by Gasteiger charge is -2.23. The van der Waals surface area contributed by atoms with Gasteiger partial charge in [0, 0.05) is 83.1 Å². The summed E-state index contributed by atoms with van der Waals surface area (Å²) in [6.45, 7) is 0. The third-order valence-corrected chi connectivity index (χ3v) is 24.9. The molecule has 0 radical (unpaired) electrons. The van der Waals surface area contributed by atoms with Gasteiger partial charge in [-0.2, -0.15) is 0 Å². The molecule has 0 amide bonds. The van der Waals surface area contributed by atoms with Crippen LogP contribution in [-0.4, -0.2) is 46.0 Å². The topological polar surface area (TPSA) is 139 Å². The Morgan fingerprint density at radius 2 is 0.512 bits per heavy atom. The van der Waals surface area contributed by atoms with Crippen LogP contribution in [0.25, 0.3) is 230 Å². The quantitative estimate of drug-likeness (QED) is 0.122. The maximum atomic E-state index is 6.80. The number of allylic oxidation sites excluding steroid dienone is 2. The van der Waals surface area contributed by atoms with Crippen LogP contribution in [0.15, 0.2) is 446 Å². The van der Waals surface area contributed by atoms with Crippen LogP contribution in [0.2, 0.25) is 0 Å². The summed E-state index contributed by atoms with van der Waals surface area (Å²) in [5.41, 5.74) is 34.6. The fraction of sp³-hybridized carbons (Fsp3) is 0.0169. The number of hydrogen-bond donors (Lipinski definition) is 0. The first-order chi connectivity index (χ1) is 64.0. The summed E-state index contributed by atoms with van der Waals surface area (Å²) < 4.78 is 20.2. The van der Waals surface area contributed by atoms with E-state index in [0.29, 0.717) is 46.5 Å². The Balaban J connectivity index is 0.000000108. The molecule has 0 N–H and O–H groups in total. The highest BCUT2D eigenvalue weighted by Gasteiger charge is 2.44. The van der Waals surface area contributed by atoms with Gasteiger partial charge in [0.15, 0.2) is 46.5 Å². The summed E-state index contributed by atoms with van der Waals surface area (Å²) in [6.07, 6.45) is 6.53. The molecule has 129 heavy (non-hydrogen) atoms. The first-order valence-electron chi connectivity index (χ1n) is 43.4. The zero-order chi connectivity index (χ0) is 85.2. The molecular formula is C118H74N8O3. The molecule has 2 atom stereocenters. The number of hydrogen-bond acceptors (Lipinski definition) is 11. The number of rotatable bonds is 11. The summed E-state index contributed by atoms with van der Waals surface area (Å²) in [5, 5.41) is 2.23. The van der Waals surface area contributed by atoms with E-state index in [0.717, 1.165) is 128 Å². The van der Waals surface area contributed by atoms with Crippen LogP contribution in [-0.2, 0) is 4.74 Å². The van der Waals surface area contributed by atoms with Crippen molar-refractivity contribution in [3.05, 3.63) is 453 Å². The van der Waals surface area contributed by atoms with Gasteiger partial charge in [-0.15, -0.1) is 0 Å². The molecule has 5 aromatic heterocycles. The Morgan fingerprint density at radius 1 is 0.209 bits per heavy atom. The second-order valence-corrected chi connectivity index (χ2v) is 32.5. The molecule has 1 aliphatic heterocycles. The summed E-state index contributed by atoms with van der Waals surface area (Å²) >= 11 is 0. The number of nitrogens with zero attached hydrogens (tertiary/aromatic N) is 8. The minimum absolute atomic E-state index is 0.0562. The fourth-order valence-corrected chi connectivity index (χ4v) is 19.0. The smallest absolute Gasteiger partial charge is 0.197 e. The third-order valence-electron chi connectivity index (χ3n) is 24.9. The van der Waals surface area contributed by atoms with Crippen molar-refractivity contribution in [2.45, 2.75) is 6.10 Å². The zero-order valence-corrected chi connectivity index (χ0v) is 69.5. The van der Waals surface area contributed by atoms with Gasteiger partial charge in [0.2, 0.25) is 0 Å². The molecular weight excluding hydrogens is 1580 g/mol. The van der Waals surface area contributed by atoms with Crippen LogP contribution in [0.1, 0.15) is 16.7 Å². The van der Waals surface area contributed by atoms with E-state index in [-0.39, 0.29) is 12.0 Å². The molecule has 26 rings (SSSR count). The van der Waals surface area contributed by atoms with Gasteiger partial charge in [-0.25, -0.2) is 39.9 Å². The highest BCUT2D eigenvalue weighted by atomic mass is 16.5. The van der Waals surface area contributed by atoms with Crippen LogP contribution in [0.4, 0.5) is 0 Å². The van der Waals surface area contributed by atoms with E-state index in [9.17, 15) is 0 Å². The first-order valence-corrected chi connectivity index (χ1v) is 43.4. The second kappa shape index (κ2) is 32.1. The van der Waals surface area contributed by atoms with Crippen LogP contribution in [0, 0.1) is 5.92 Å². The van der Waals surface area contributed by atoms with Crippen molar-refractivity contribution in [3.8, 4) is 192 Å². The molecule has 604 valence electrons. The Labute approximate surface area is 744 Å². The van der Waals surface area contributed by atoms with E-state index in [1.54, 1.807) is 0 Å². The number of aromatic nitrogens is 8. The largest absolute Gasteiger partial charge is 0.484 e. The van der Waals surface area contributed by atoms with E-state index in [1.807, 2.05) is 164 Å². The molecule has 0 bridgehead atoms. The third kappa shape index (κ3) is 13.6. The van der Waals surface area contributed by atoms with E-state index in [4.69, 9.17) is 53.4 Å². The molecule has 0 saturated carbocycles. The molecule has 5 aliphatic rings. The van der Waals surface area contributed by atoms with Crippen LogP contribution >= 0.6 is 0 Å². The molecule has 11 nitrogen and oxygen atoms in total. The Hall–Kier alpha value is -17.3. The van der Waals surface area contributed by atoms with Gasteiger partial charge in [0.25, 0.3) is 0 Å². The highest BCUT2D eigenvalue weighted by molar-refractivity contribution is 6.18. The first kappa shape index (κ1) is 75.5. The number of furan rings is 2. The SMILES string of the molecule is C1=CC2OC(c3ccc(-c4nc(-c5ccccc5)nc(-c5ccccc5)n4)cc3)=C3c4ccccc4-c4ccccc4C(=C1)C32.c1ccc(-c2cc(-c3ccccc3)nc(-c3oc4cccc5c4c3-c3ccccc3-c3ccccc3-5)n2)cc1.c1ccc(-c2nc(-c3ccccc3)nc(-c3cccc(-c4oc5cccc6c5c4-c4ccccc4-c4ccccc4-6)c3)n2)cc1. The number of ether oxygens (including phenoxy) is 1. The minimum atomic E-state index is -0.0562. The van der Waals surface area contributed by atoms with Gasteiger partial charge in [-0.05, 0) is 114 Å². The minimum Gasteiger partial charge on any atom is -0.484 e. The van der Waals surface area contributed by atoms with Crippen LogP contribution in [0.5, 0.6) is 0 Å². The lowest BCUT2D eigenvalue weighted by molar-refractivity contribution is 0.216. The molecule has 16 aromatic carbocycles. The molecule has 6 heterocycles. The molecule has 0 fully saturated rings. The predicted molar refractivity (Wildman–Crippen MR) is 519 cm³/mol.